The summed E-state index contributed by atoms with van der Waals surface area (Å²) in [6.45, 7) is 1.96. The van der Waals surface area contributed by atoms with Gasteiger partial charge in [0.2, 0.25) is 0 Å². The van der Waals surface area contributed by atoms with Gasteiger partial charge in [0.1, 0.15) is 4.21 Å². The molecule has 1 aliphatic rings. The van der Waals surface area contributed by atoms with Crippen molar-refractivity contribution in [3.8, 4) is 0 Å². The van der Waals surface area contributed by atoms with Gasteiger partial charge in [0.05, 0.1) is 9.83 Å². The monoisotopic (exact) mass is 423 g/mol. The van der Waals surface area contributed by atoms with Gasteiger partial charge in [-0.2, -0.15) is 8.42 Å². The molecule has 140 valence electrons. The number of non-ortho nitro benzene ring substituents is 1. The lowest BCUT2D eigenvalue weighted by molar-refractivity contribution is -0.384. The van der Waals surface area contributed by atoms with Crippen molar-refractivity contribution in [3.63, 3.8) is 0 Å². The Morgan fingerprint density at radius 1 is 1.30 bits per heavy atom. The quantitative estimate of drug-likeness (QED) is 0.414. The highest BCUT2D eigenvalue weighted by Gasteiger charge is 2.34. The third kappa shape index (κ3) is 4.10. The van der Waals surface area contributed by atoms with Gasteiger partial charge in [-0.05, 0) is 41.8 Å². The molecule has 1 fully saturated rings. The SMILES string of the molecule is CCN1C(=O)/C(=C/c2cccc([N+](=O)[O-])c2)SC1=NS(=O)(=O)c1cccs1. The first-order chi connectivity index (χ1) is 12.8. The average molecular weight is 423 g/mol. The first-order valence-electron chi connectivity index (χ1n) is 7.66. The maximum Gasteiger partial charge on any atom is 0.294 e. The van der Waals surface area contributed by atoms with E-state index in [4.69, 9.17) is 0 Å². The molecule has 8 nitrogen and oxygen atoms in total. The largest absolute Gasteiger partial charge is 0.294 e. The zero-order valence-electron chi connectivity index (χ0n) is 13.9. The molecule has 11 heteroatoms. The zero-order chi connectivity index (χ0) is 19.6. The number of nitro benzene ring substituents is 1. The van der Waals surface area contributed by atoms with E-state index in [1.54, 1.807) is 24.4 Å². The molecule has 27 heavy (non-hydrogen) atoms. The summed E-state index contributed by atoms with van der Waals surface area (Å²) in [7, 11) is -3.91. The van der Waals surface area contributed by atoms with Crippen LogP contribution in [-0.4, -0.2) is 35.9 Å². The number of thioether (sulfide) groups is 1. The van der Waals surface area contributed by atoms with Crippen molar-refractivity contribution >= 4 is 56.0 Å². The van der Waals surface area contributed by atoms with Crippen LogP contribution in [0.4, 0.5) is 5.69 Å². The lowest BCUT2D eigenvalue weighted by atomic mass is 10.2. The third-order valence-electron chi connectivity index (χ3n) is 3.53. The number of hydrogen-bond acceptors (Lipinski definition) is 7. The van der Waals surface area contributed by atoms with Gasteiger partial charge in [-0.15, -0.1) is 15.7 Å². The molecule has 2 heterocycles. The summed E-state index contributed by atoms with van der Waals surface area (Å²) in [6.07, 6.45) is 1.49. The second-order valence-corrected chi connectivity index (χ2v) is 9.08. The number of amidine groups is 1. The fourth-order valence-corrected chi connectivity index (χ4v) is 5.51. The lowest BCUT2D eigenvalue weighted by Crippen LogP contribution is -2.29. The molecule has 1 aliphatic heterocycles. The Morgan fingerprint density at radius 2 is 2.07 bits per heavy atom. The highest BCUT2D eigenvalue weighted by molar-refractivity contribution is 8.19. The van der Waals surface area contributed by atoms with Crippen molar-refractivity contribution < 1.29 is 18.1 Å². The summed E-state index contributed by atoms with van der Waals surface area (Å²) in [4.78, 5) is 24.5. The minimum atomic E-state index is -3.91. The Morgan fingerprint density at radius 3 is 2.70 bits per heavy atom. The van der Waals surface area contributed by atoms with Crippen molar-refractivity contribution in [2.75, 3.05) is 6.54 Å². The number of likely N-dealkylation sites (N-methyl/N-ethyl adjacent to an activating group) is 1. The predicted octanol–water partition coefficient (Wildman–Crippen LogP) is 3.34. The second-order valence-electron chi connectivity index (χ2n) is 5.29. The Kier molecular flexibility index (Phi) is 5.44. The molecule has 2 aromatic rings. The Balaban J connectivity index is 1.97. The summed E-state index contributed by atoms with van der Waals surface area (Å²) >= 11 is 1.97. The van der Waals surface area contributed by atoms with Crippen LogP contribution in [-0.2, 0) is 14.8 Å². The number of nitrogens with zero attached hydrogens (tertiary/aromatic N) is 3. The number of hydrogen-bond donors (Lipinski definition) is 0. The molecule has 0 bridgehead atoms. The smallest absolute Gasteiger partial charge is 0.286 e. The predicted molar refractivity (Wildman–Crippen MR) is 105 cm³/mol. The summed E-state index contributed by atoms with van der Waals surface area (Å²) in [5.74, 6) is -0.394. The van der Waals surface area contributed by atoms with E-state index in [0.29, 0.717) is 5.56 Å². The molecule has 0 radical (unpaired) electrons. The molecule has 0 spiro atoms. The van der Waals surface area contributed by atoms with Crippen LogP contribution >= 0.6 is 23.1 Å². The maximum absolute atomic E-state index is 12.6. The van der Waals surface area contributed by atoms with Crippen LogP contribution in [0.1, 0.15) is 12.5 Å². The summed E-state index contributed by atoms with van der Waals surface area (Å²) < 4.78 is 28.7. The Labute approximate surface area is 163 Å². The minimum Gasteiger partial charge on any atom is -0.286 e. The van der Waals surface area contributed by atoms with Gasteiger partial charge in [0.15, 0.2) is 5.17 Å². The summed E-state index contributed by atoms with van der Waals surface area (Å²) in [5.41, 5.74) is 0.375. The molecular formula is C16H13N3O5S3. The van der Waals surface area contributed by atoms with E-state index in [9.17, 15) is 23.3 Å². The van der Waals surface area contributed by atoms with E-state index < -0.39 is 20.9 Å². The van der Waals surface area contributed by atoms with Gasteiger partial charge in [0.25, 0.3) is 21.6 Å². The van der Waals surface area contributed by atoms with Gasteiger partial charge in [0, 0.05) is 18.7 Å². The van der Waals surface area contributed by atoms with Gasteiger partial charge in [-0.3, -0.25) is 19.8 Å². The number of amides is 1. The van der Waals surface area contributed by atoms with E-state index in [2.05, 4.69) is 4.40 Å². The van der Waals surface area contributed by atoms with Crippen molar-refractivity contribution in [2.45, 2.75) is 11.1 Å². The Hall–Kier alpha value is -2.50. The summed E-state index contributed by atoms with van der Waals surface area (Å²) in [6, 6.07) is 8.89. The standard InChI is InChI=1S/C16H13N3O5S3/c1-2-18-15(20)13(10-11-5-3-6-12(9-11)19(21)22)26-16(18)17-27(23,24)14-7-4-8-25-14/h3-10H,2H2,1H3/b13-10-,17-16?. The van der Waals surface area contributed by atoms with Crippen LogP contribution in [0.25, 0.3) is 6.08 Å². The number of benzene rings is 1. The average Bonchev–Trinajstić information content (AvgIpc) is 3.25. The van der Waals surface area contributed by atoms with Crippen LogP contribution < -0.4 is 0 Å². The number of carbonyl (C=O) groups is 1. The number of sulfonamides is 1. The number of carbonyl (C=O) groups excluding carboxylic acids is 1. The number of rotatable bonds is 5. The fourth-order valence-electron chi connectivity index (χ4n) is 2.29. The van der Waals surface area contributed by atoms with Crippen molar-refractivity contribution in [1.29, 1.82) is 0 Å². The molecule has 0 N–H and O–H groups in total. The van der Waals surface area contributed by atoms with Crippen LogP contribution in [0.3, 0.4) is 0 Å². The van der Waals surface area contributed by atoms with Gasteiger partial charge < -0.3 is 0 Å². The van der Waals surface area contributed by atoms with Crippen molar-refractivity contribution in [2.24, 2.45) is 4.40 Å². The third-order valence-corrected chi connectivity index (χ3v) is 7.29. The van der Waals surface area contributed by atoms with E-state index in [1.807, 2.05) is 0 Å². The van der Waals surface area contributed by atoms with E-state index in [-0.39, 0.29) is 26.5 Å². The molecule has 0 saturated carbocycles. The normalized spacial score (nSPS) is 17.8. The second kappa shape index (κ2) is 7.62. The first-order valence-corrected chi connectivity index (χ1v) is 10.8. The highest BCUT2D eigenvalue weighted by atomic mass is 32.2. The maximum atomic E-state index is 12.6. The molecule has 1 aromatic heterocycles. The fraction of sp³-hybridized carbons (Fsp3) is 0.125. The summed E-state index contributed by atoms with van der Waals surface area (Å²) in [5, 5.41) is 12.6. The van der Waals surface area contributed by atoms with Crippen LogP contribution in [0.5, 0.6) is 0 Å². The highest BCUT2D eigenvalue weighted by Crippen LogP contribution is 2.34. The zero-order valence-corrected chi connectivity index (χ0v) is 16.4. The van der Waals surface area contributed by atoms with Gasteiger partial charge >= 0.3 is 0 Å². The van der Waals surface area contributed by atoms with Gasteiger partial charge in [-0.25, -0.2) is 0 Å². The van der Waals surface area contributed by atoms with Crippen molar-refractivity contribution in [1.82, 2.24) is 4.90 Å². The molecule has 1 saturated heterocycles. The van der Waals surface area contributed by atoms with E-state index >= 15 is 0 Å². The first kappa shape index (κ1) is 19.3. The van der Waals surface area contributed by atoms with Gasteiger partial charge in [-0.1, -0.05) is 18.2 Å². The molecule has 0 aliphatic carbocycles. The van der Waals surface area contributed by atoms with Crippen LogP contribution in [0, 0.1) is 10.1 Å². The molecule has 1 aromatic carbocycles. The molecule has 1 amide bonds. The van der Waals surface area contributed by atoms with Crippen LogP contribution in [0.2, 0.25) is 0 Å². The topological polar surface area (TPSA) is 110 Å². The number of nitro groups is 1. The molecule has 3 rings (SSSR count). The van der Waals surface area contributed by atoms with E-state index in [1.165, 1.54) is 35.2 Å². The molecule has 0 atom stereocenters. The van der Waals surface area contributed by atoms with E-state index in [0.717, 1.165) is 23.1 Å². The Bertz CT molecular complexity index is 1060. The minimum absolute atomic E-state index is 0.0626. The molecular weight excluding hydrogens is 410 g/mol. The molecule has 0 unspecified atom stereocenters. The van der Waals surface area contributed by atoms with Crippen molar-refractivity contribution in [3.05, 3.63) is 62.4 Å². The number of thiophene rings is 1. The van der Waals surface area contributed by atoms with Crippen LogP contribution in [0.15, 0.2) is 55.3 Å². The lowest BCUT2D eigenvalue weighted by Gasteiger charge is -2.11.